The van der Waals surface area contributed by atoms with Crippen LogP contribution in [0.5, 0.6) is 5.75 Å². The molecule has 2 nitrogen and oxygen atoms in total. The summed E-state index contributed by atoms with van der Waals surface area (Å²) in [6.45, 7) is 2.22. The molecule has 0 aliphatic carbocycles. The van der Waals surface area contributed by atoms with E-state index in [-0.39, 0.29) is 21.2 Å². The smallest absolute Gasteiger partial charge is 0.159 e. The highest BCUT2D eigenvalue weighted by Gasteiger charge is 2.18. The van der Waals surface area contributed by atoms with E-state index < -0.39 is 17.7 Å². The molecule has 0 amide bonds. The van der Waals surface area contributed by atoms with Gasteiger partial charge in [-0.05, 0) is 30.7 Å². The number of halogens is 4. The highest BCUT2D eigenvalue weighted by Crippen LogP contribution is 2.36. The highest BCUT2D eigenvalue weighted by molar-refractivity contribution is 6.34. The zero-order valence-electron chi connectivity index (χ0n) is 11.0. The molecule has 1 N–H and O–H groups in total. The molecular formula is C15H12Cl2F2O2. The molecule has 0 saturated carbocycles. The molecule has 0 heterocycles. The van der Waals surface area contributed by atoms with Crippen molar-refractivity contribution in [1.82, 2.24) is 0 Å². The van der Waals surface area contributed by atoms with Crippen LogP contribution in [0.15, 0.2) is 30.3 Å². The van der Waals surface area contributed by atoms with Gasteiger partial charge in [0.15, 0.2) is 11.6 Å². The Bertz CT molecular complexity index is 662. The third kappa shape index (κ3) is 3.46. The van der Waals surface area contributed by atoms with Crippen LogP contribution in [0.4, 0.5) is 8.78 Å². The quantitative estimate of drug-likeness (QED) is 0.875. The molecule has 0 bridgehead atoms. The van der Waals surface area contributed by atoms with Crippen LogP contribution in [-0.4, -0.2) is 11.7 Å². The van der Waals surface area contributed by atoms with Gasteiger partial charge in [0.25, 0.3) is 0 Å². The molecule has 1 atom stereocenters. The third-order valence-corrected chi connectivity index (χ3v) is 3.53. The van der Waals surface area contributed by atoms with E-state index in [1.54, 1.807) is 6.92 Å². The lowest BCUT2D eigenvalue weighted by Crippen LogP contribution is -2.03. The molecular weight excluding hydrogens is 321 g/mol. The lowest BCUT2D eigenvalue weighted by molar-refractivity contribution is 0.219. The van der Waals surface area contributed by atoms with E-state index in [0.717, 1.165) is 12.1 Å². The molecule has 0 aliphatic heterocycles. The van der Waals surface area contributed by atoms with E-state index in [0.29, 0.717) is 12.4 Å². The molecule has 0 saturated heterocycles. The second-order valence-electron chi connectivity index (χ2n) is 4.31. The summed E-state index contributed by atoms with van der Waals surface area (Å²) in [6.07, 6.45) is -1.22. The highest BCUT2D eigenvalue weighted by atomic mass is 35.5. The fraction of sp³-hybridized carbons (Fsp3) is 0.200. The fourth-order valence-corrected chi connectivity index (χ4v) is 2.37. The average molecular weight is 333 g/mol. The monoisotopic (exact) mass is 332 g/mol. The van der Waals surface area contributed by atoms with E-state index in [1.807, 2.05) is 0 Å². The second-order valence-corrected chi connectivity index (χ2v) is 5.13. The van der Waals surface area contributed by atoms with Crippen LogP contribution in [0.3, 0.4) is 0 Å². The van der Waals surface area contributed by atoms with Crippen molar-refractivity contribution in [2.24, 2.45) is 0 Å². The van der Waals surface area contributed by atoms with Crippen LogP contribution in [0.1, 0.15) is 24.2 Å². The predicted octanol–water partition coefficient (Wildman–Crippen LogP) is 4.75. The molecule has 0 spiro atoms. The summed E-state index contributed by atoms with van der Waals surface area (Å²) in [5.74, 6) is -1.63. The molecule has 2 aromatic carbocycles. The van der Waals surface area contributed by atoms with Crippen molar-refractivity contribution < 1.29 is 18.6 Å². The van der Waals surface area contributed by atoms with Crippen molar-refractivity contribution in [2.45, 2.75) is 13.0 Å². The minimum Gasteiger partial charge on any atom is -0.492 e. The predicted molar refractivity (Wildman–Crippen MR) is 78.1 cm³/mol. The Morgan fingerprint density at radius 3 is 2.43 bits per heavy atom. The lowest BCUT2D eigenvalue weighted by atomic mass is 10.0. The van der Waals surface area contributed by atoms with Crippen molar-refractivity contribution >= 4 is 23.2 Å². The number of aliphatic hydroxyl groups is 1. The van der Waals surface area contributed by atoms with Crippen molar-refractivity contribution in [1.29, 1.82) is 0 Å². The maximum atomic E-state index is 13.2. The summed E-state index contributed by atoms with van der Waals surface area (Å²) >= 11 is 12.1. The van der Waals surface area contributed by atoms with Gasteiger partial charge >= 0.3 is 0 Å². The Kier molecular flexibility index (Phi) is 5.04. The van der Waals surface area contributed by atoms with Crippen LogP contribution >= 0.6 is 23.2 Å². The van der Waals surface area contributed by atoms with Crippen molar-refractivity contribution in [2.75, 3.05) is 6.61 Å². The van der Waals surface area contributed by atoms with E-state index in [4.69, 9.17) is 27.9 Å². The van der Waals surface area contributed by atoms with Crippen LogP contribution in [0.2, 0.25) is 10.0 Å². The first-order valence-corrected chi connectivity index (χ1v) is 6.94. The Labute approximate surface area is 130 Å². The Morgan fingerprint density at radius 1 is 1.10 bits per heavy atom. The normalized spacial score (nSPS) is 12.3. The number of rotatable bonds is 4. The zero-order chi connectivity index (χ0) is 15.6. The van der Waals surface area contributed by atoms with Crippen LogP contribution in [-0.2, 0) is 0 Å². The van der Waals surface area contributed by atoms with Gasteiger partial charge in [-0.25, -0.2) is 8.78 Å². The molecule has 0 radical (unpaired) electrons. The Morgan fingerprint density at radius 2 is 1.81 bits per heavy atom. The summed E-state index contributed by atoms with van der Waals surface area (Å²) < 4.78 is 31.4. The van der Waals surface area contributed by atoms with Crippen LogP contribution in [0, 0.1) is 11.6 Å². The summed E-state index contributed by atoms with van der Waals surface area (Å²) in [5.41, 5.74) is 0.465. The molecule has 1 unspecified atom stereocenters. The standard InChI is InChI=1S/C15H12Cl2F2O2/c1-2-21-14-7-10(16)9(6-11(14)17)15(20)8-3-4-12(18)13(19)5-8/h3-7,15,20H,2H2,1H3. The minimum absolute atomic E-state index is 0.177. The molecule has 21 heavy (non-hydrogen) atoms. The van der Waals surface area contributed by atoms with Crippen LogP contribution in [0.25, 0.3) is 0 Å². The largest absolute Gasteiger partial charge is 0.492 e. The topological polar surface area (TPSA) is 29.5 Å². The molecule has 6 heteroatoms. The molecule has 2 rings (SSSR count). The van der Waals surface area contributed by atoms with Gasteiger partial charge in [0.1, 0.15) is 11.9 Å². The molecule has 112 valence electrons. The van der Waals surface area contributed by atoms with Gasteiger partial charge in [-0.15, -0.1) is 0 Å². The van der Waals surface area contributed by atoms with E-state index in [9.17, 15) is 13.9 Å². The number of ether oxygens (including phenoxy) is 1. The first-order chi connectivity index (χ1) is 9.93. The zero-order valence-corrected chi connectivity index (χ0v) is 12.6. The average Bonchev–Trinajstić information content (AvgIpc) is 2.45. The van der Waals surface area contributed by atoms with Gasteiger partial charge < -0.3 is 9.84 Å². The molecule has 0 aliphatic rings. The van der Waals surface area contributed by atoms with E-state index in [2.05, 4.69) is 0 Å². The Hall–Kier alpha value is -1.36. The van der Waals surface area contributed by atoms with Gasteiger partial charge in [0.05, 0.1) is 16.7 Å². The maximum Gasteiger partial charge on any atom is 0.159 e. The van der Waals surface area contributed by atoms with Gasteiger partial charge in [-0.3, -0.25) is 0 Å². The van der Waals surface area contributed by atoms with Gasteiger partial charge in [-0.1, -0.05) is 29.3 Å². The molecule has 2 aromatic rings. The van der Waals surface area contributed by atoms with Crippen molar-refractivity contribution in [3.05, 3.63) is 63.1 Å². The number of hydrogen-bond acceptors (Lipinski definition) is 2. The van der Waals surface area contributed by atoms with Crippen LogP contribution < -0.4 is 4.74 Å². The first-order valence-electron chi connectivity index (χ1n) is 6.18. The lowest BCUT2D eigenvalue weighted by Gasteiger charge is -2.16. The fourth-order valence-electron chi connectivity index (χ4n) is 1.88. The molecule has 0 aromatic heterocycles. The summed E-state index contributed by atoms with van der Waals surface area (Å²) in [6, 6.07) is 6.06. The Balaban J connectivity index is 2.40. The number of aliphatic hydroxyl groups excluding tert-OH is 1. The van der Waals surface area contributed by atoms with Gasteiger partial charge in [0, 0.05) is 11.6 Å². The third-order valence-electron chi connectivity index (χ3n) is 2.91. The molecule has 0 fully saturated rings. The first kappa shape index (κ1) is 16.0. The van der Waals surface area contributed by atoms with Gasteiger partial charge in [0.2, 0.25) is 0 Å². The SMILES string of the molecule is CCOc1cc(Cl)c(C(O)c2ccc(F)c(F)c2)cc1Cl. The number of hydrogen-bond donors (Lipinski definition) is 1. The van der Waals surface area contributed by atoms with Gasteiger partial charge in [-0.2, -0.15) is 0 Å². The summed E-state index contributed by atoms with van der Waals surface area (Å²) in [7, 11) is 0. The maximum absolute atomic E-state index is 13.2. The van der Waals surface area contributed by atoms with Crippen molar-refractivity contribution in [3.8, 4) is 5.75 Å². The summed E-state index contributed by atoms with van der Waals surface area (Å²) in [4.78, 5) is 0. The summed E-state index contributed by atoms with van der Waals surface area (Å²) in [5, 5.41) is 10.8. The second kappa shape index (κ2) is 6.60. The van der Waals surface area contributed by atoms with E-state index in [1.165, 1.54) is 18.2 Å². The minimum atomic E-state index is -1.22. The van der Waals surface area contributed by atoms with Crippen molar-refractivity contribution in [3.63, 3.8) is 0 Å². The van der Waals surface area contributed by atoms with E-state index >= 15 is 0 Å². The number of benzene rings is 2.